The number of hydrogen-bond acceptors (Lipinski definition) is 6. The van der Waals surface area contributed by atoms with Gasteiger partial charge in [-0.1, -0.05) is 24.6 Å². The van der Waals surface area contributed by atoms with Crippen LogP contribution in [0.2, 0.25) is 0 Å². The second kappa shape index (κ2) is 9.22. The number of phenols is 1. The van der Waals surface area contributed by atoms with Crippen LogP contribution < -0.4 is 15.8 Å². The Balaban J connectivity index is 1.31. The summed E-state index contributed by atoms with van der Waals surface area (Å²) in [5.41, 5.74) is 8.15. The second-order valence-electron chi connectivity index (χ2n) is 9.89. The zero-order valence-corrected chi connectivity index (χ0v) is 20.1. The van der Waals surface area contributed by atoms with Gasteiger partial charge < -0.3 is 10.4 Å². The predicted octanol–water partition coefficient (Wildman–Crippen LogP) is 4.98. The maximum absolute atomic E-state index is 13.0. The molecule has 1 aliphatic heterocycles. The van der Waals surface area contributed by atoms with Crippen LogP contribution >= 0.6 is 0 Å². The van der Waals surface area contributed by atoms with Crippen molar-refractivity contribution in [1.29, 1.82) is 0 Å². The molecule has 7 nitrogen and oxygen atoms in total. The van der Waals surface area contributed by atoms with E-state index in [1.807, 2.05) is 44.2 Å². The summed E-state index contributed by atoms with van der Waals surface area (Å²) in [7, 11) is 0. The summed E-state index contributed by atoms with van der Waals surface area (Å²) < 4.78 is 0. The van der Waals surface area contributed by atoms with Crippen molar-refractivity contribution in [2.75, 3.05) is 10.4 Å². The molecular formula is C27H33N5O2. The van der Waals surface area contributed by atoms with Crippen LogP contribution in [0, 0.1) is 13.8 Å². The first kappa shape index (κ1) is 22.6. The Morgan fingerprint density at radius 3 is 2.62 bits per heavy atom. The van der Waals surface area contributed by atoms with Gasteiger partial charge in [-0.05, 0) is 93.7 Å². The van der Waals surface area contributed by atoms with Gasteiger partial charge in [-0.2, -0.15) is 15.2 Å². The number of para-hydroxylation sites is 1. The summed E-state index contributed by atoms with van der Waals surface area (Å²) in [5.74, 6) is 0.247. The average molecular weight is 460 g/mol. The number of nitrogens with zero attached hydrogens (tertiary/aromatic N) is 3. The molecule has 1 heterocycles. The molecular weight excluding hydrogens is 426 g/mol. The zero-order chi connectivity index (χ0) is 23.8. The molecule has 178 valence electrons. The van der Waals surface area contributed by atoms with Crippen molar-refractivity contribution in [2.45, 2.75) is 77.3 Å². The first-order chi connectivity index (χ1) is 16.4. The van der Waals surface area contributed by atoms with Crippen molar-refractivity contribution < 1.29 is 9.90 Å². The van der Waals surface area contributed by atoms with Crippen molar-refractivity contribution in [3.05, 3.63) is 53.1 Å². The number of hydrogen-bond donors (Lipinski definition) is 3. The molecule has 3 N–H and O–H groups in total. The Bertz CT molecular complexity index is 1170. The number of hydrazone groups is 2. The van der Waals surface area contributed by atoms with Crippen LogP contribution in [0.25, 0.3) is 0 Å². The van der Waals surface area contributed by atoms with Crippen LogP contribution in [0.5, 0.6) is 5.75 Å². The smallest absolute Gasteiger partial charge is 0.301 e. The van der Waals surface area contributed by atoms with Gasteiger partial charge in [0.15, 0.2) is 5.71 Å². The van der Waals surface area contributed by atoms with E-state index in [2.05, 4.69) is 20.9 Å². The van der Waals surface area contributed by atoms with E-state index in [0.29, 0.717) is 35.1 Å². The fraction of sp³-hybridized carbons (Fsp3) is 0.444. The van der Waals surface area contributed by atoms with Crippen molar-refractivity contribution in [3.8, 4) is 5.75 Å². The SMILES string of the molecule is CC1=NN(c2ccc(C)c(C)c2)C(=O)/C1=N/Nc1cccc(C2CCCC(NC3CC3)C2)c1O. The summed E-state index contributed by atoms with van der Waals surface area (Å²) in [6.07, 6.45) is 7.05. The Hall–Kier alpha value is -3.19. The third kappa shape index (κ3) is 4.57. The van der Waals surface area contributed by atoms with Gasteiger partial charge in [-0.15, -0.1) is 0 Å². The van der Waals surface area contributed by atoms with Gasteiger partial charge in [-0.25, -0.2) is 0 Å². The number of aromatic hydroxyl groups is 1. The van der Waals surface area contributed by atoms with E-state index in [1.165, 1.54) is 24.3 Å². The third-order valence-electron chi connectivity index (χ3n) is 7.24. The fourth-order valence-corrected chi connectivity index (χ4v) is 4.96. The Labute approximate surface area is 200 Å². The Morgan fingerprint density at radius 2 is 1.85 bits per heavy atom. The molecule has 7 heteroatoms. The van der Waals surface area contributed by atoms with Crippen LogP contribution in [0.1, 0.15) is 68.1 Å². The van der Waals surface area contributed by atoms with E-state index in [1.54, 1.807) is 13.0 Å². The number of anilines is 2. The lowest BCUT2D eigenvalue weighted by molar-refractivity contribution is -0.112. The molecule has 2 aliphatic carbocycles. The monoisotopic (exact) mass is 459 g/mol. The molecule has 2 atom stereocenters. The summed E-state index contributed by atoms with van der Waals surface area (Å²) in [6, 6.07) is 12.8. The predicted molar refractivity (Wildman–Crippen MR) is 137 cm³/mol. The maximum Gasteiger partial charge on any atom is 0.301 e. The van der Waals surface area contributed by atoms with Gasteiger partial charge in [0.2, 0.25) is 0 Å². The minimum absolute atomic E-state index is 0.218. The molecule has 0 radical (unpaired) electrons. The van der Waals surface area contributed by atoms with E-state index in [4.69, 9.17) is 0 Å². The molecule has 0 spiro atoms. The number of carbonyl (C=O) groups excluding carboxylic acids is 1. The lowest BCUT2D eigenvalue weighted by Crippen LogP contribution is -2.35. The number of aryl methyl sites for hydroxylation is 2. The van der Waals surface area contributed by atoms with Crippen molar-refractivity contribution in [3.63, 3.8) is 0 Å². The average Bonchev–Trinajstić information content (AvgIpc) is 3.59. The molecule has 2 aromatic rings. The molecule has 5 rings (SSSR count). The lowest BCUT2D eigenvalue weighted by atomic mass is 9.81. The standard InChI is InChI=1S/C27H33N5O2/c1-16-10-13-22(14-17(16)2)32-27(34)25(18(3)31-32)30-29-24-9-5-8-23(26(24)33)19-6-4-7-21(15-19)28-20-11-12-20/h5,8-10,13-14,19-21,28-29,33H,4,6-7,11-12,15H2,1-3H3/b30-25+. The molecule has 3 aliphatic rings. The number of rotatable bonds is 6. The van der Waals surface area contributed by atoms with Gasteiger partial charge in [0.1, 0.15) is 5.75 Å². The number of phenolic OH excluding ortho intramolecular Hbond substituents is 1. The summed E-state index contributed by atoms with van der Waals surface area (Å²) in [4.78, 5) is 13.0. The number of carbonyl (C=O) groups is 1. The van der Waals surface area contributed by atoms with Crippen LogP contribution in [0.15, 0.2) is 46.6 Å². The second-order valence-corrected chi connectivity index (χ2v) is 9.89. The van der Waals surface area contributed by atoms with E-state index in [9.17, 15) is 9.90 Å². The largest absolute Gasteiger partial charge is 0.505 e. The highest BCUT2D eigenvalue weighted by atomic mass is 16.3. The van der Waals surface area contributed by atoms with Crippen LogP contribution in [-0.4, -0.2) is 34.5 Å². The first-order valence-electron chi connectivity index (χ1n) is 12.3. The van der Waals surface area contributed by atoms with Crippen LogP contribution in [0.4, 0.5) is 11.4 Å². The molecule has 2 aromatic carbocycles. The first-order valence-corrected chi connectivity index (χ1v) is 12.3. The molecule has 2 saturated carbocycles. The quantitative estimate of drug-likeness (QED) is 0.420. The number of amides is 1. The fourth-order valence-electron chi connectivity index (χ4n) is 4.96. The lowest BCUT2D eigenvalue weighted by Gasteiger charge is -2.31. The zero-order valence-electron chi connectivity index (χ0n) is 20.1. The highest BCUT2D eigenvalue weighted by Gasteiger charge is 2.32. The van der Waals surface area contributed by atoms with Gasteiger partial charge in [0, 0.05) is 12.1 Å². The van der Waals surface area contributed by atoms with E-state index >= 15 is 0 Å². The number of benzene rings is 2. The van der Waals surface area contributed by atoms with E-state index in [-0.39, 0.29) is 17.4 Å². The van der Waals surface area contributed by atoms with Crippen molar-refractivity contribution in [2.24, 2.45) is 10.2 Å². The minimum Gasteiger partial charge on any atom is -0.505 e. The van der Waals surface area contributed by atoms with Gasteiger partial charge >= 0.3 is 5.91 Å². The highest BCUT2D eigenvalue weighted by Crippen LogP contribution is 2.41. The van der Waals surface area contributed by atoms with Crippen molar-refractivity contribution >= 4 is 28.7 Å². The summed E-state index contributed by atoms with van der Waals surface area (Å²) >= 11 is 0. The normalized spacial score (nSPS) is 24.0. The minimum atomic E-state index is -0.287. The Morgan fingerprint density at radius 1 is 1.03 bits per heavy atom. The van der Waals surface area contributed by atoms with Crippen molar-refractivity contribution in [1.82, 2.24) is 5.32 Å². The molecule has 0 bridgehead atoms. The molecule has 2 unspecified atom stereocenters. The third-order valence-corrected chi connectivity index (χ3v) is 7.24. The highest BCUT2D eigenvalue weighted by molar-refractivity contribution is 6.71. The molecule has 2 fully saturated rings. The number of nitrogens with one attached hydrogen (secondary N) is 2. The molecule has 0 saturated heterocycles. The van der Waals surface area contributed by atoms with Crippen LogP contribution in [0.3, 0.4) is 0 Å². The maximum atomic E-state index is 13.0. The summed E-state index contributed by atoms with van der Waals surface area (Å²) in [5, 5.41) is 24.9. The van der Waals surface area contributed by atoms with Gasteiger partial charge in [-0.3, -0.25) is 10.2 Å². The summed E-state index contributed by atoms with van der Waals surface area (Å²) in [6.45, 7) is 5.82. The van der Waals surface area contributed by atoms with Crippen LogP contribution in [-0.2, 0) is 4.79 Å². The topological polar surface area (TPSA) is 89.3 Å². The molecule has 0 aromatic heterocycles. The molecule has 1 amide bonds. The Kier molecular flexibility index (Phi) is 6.13. The van der Waals surface area contributed by atoms with Gasteiger partial charge in [0.25, 0.3) is 0 Å². The van der Waals surface area contributed by atoms with Gasteiger partial charge in [0.05, 0.1) is 17.1 Å². The molecule has 34 heavy (non-hydrogen) atoms. The van der Waals surface area contributed by atoms with E-state index in [0.717, 1.165) is 36.0 Å². The van der Waals surface area contributed by atoms with E-state index < -0.39 is 0 Å².